The van der Waals surface area contributed by atoms with Crippen LogP contribution in [-0.2, 0) is 0 Å². The van der Waals surface area contributed by atoms with E-state index in [0.29, 0.717) is 11.4 Å². The minimum Gasteiger partial charge on any atom is -0.478 e. The SMILES string of the molecule is CN1CCC(c2cccc(-n3cnc4cc(C(=O)O)ccc43)c2)CC1. The normalized spacial score (nSPS) is 16.4. The maximum atomic E-state index is 11.1. The van der Waals surface area contributed by atoms with E-state index in [4.69, 9.17) is 5.11 Å². The monoisotopic (exact) mass is 335 g/mol. The number of benzene rings is 2. The predicted molar refractivity (Wildman–Crippen MR) is 97.5 cm³/mol. The zero-order chi connectivity index (χ0) is 17.4. The molecule has 0 spiro atoms. The van der Waals surface area contributed by atoms with Gasteiger partial charge in [0, 0.05) is 5.69 Å². The summed E-state index contributed by atoms with van der Waals surface area (Å²) < 4.78 is 2.03. The fourth-order valence-corrected chi connectivity index (χ4v) is 3.62. The van der Waals surface area contributed by atoms with Crippen molar-refractivity contribution in [3.63, 3.8) is 0 Å². The Morgan fingerprint density at radius 1 is 1.16 bits per heavy atom. The van der Waals surface area contributed by atoms with E-state index in [2.05, 4.69) is 41.2 Å². The summed E-state index contributed by atoms with van der Waals surface area (Å²) in [4.78, 5) is 17.9. The molecule has 0 amide bonds. The van der Waals surface area contributed by atoms with Crippen LogP contribution in [0.3, 0.4) is 0 Å². The number of nitrogens with zero attached hydrogens (tertiary/aromatic N) is 3. The lowest BCUT2D eigenvalue weighted by atomic mass is 9.89. The van der Waals surface area contributed by atoms with Gasteiger partial charge in [0.1, 0.15) is 6.33 Å². The van der Waals surface area contributed by atoms with Crippen molar-refractivity contribution < 1.29 is 9.90 Å². The van der Waals surface area contributed by atoms with E-state index in [1.54, 1.807) is 18.5 Å². The molecule has 1 fully saturated rings. The van der Waals surface area contributed by atoms with Crippen molar-refractivity contribution in [2.24, 2.45) is 0 Å². The van der Waals surface area contributed by atoms with Crippen LogP contribution in [0.5, 0.6) is 0 Å². The molecule has 4 rings (SSSR count). The standard InChI is InChI=1S/C20H21N3O2/c1-22-9-7-14(8-10-22)15-3-2-4-17(11-15)23-13-21-18-12-16(20(24)25)5-6-19(18)23/h2-6,11-14H,7-10H2,1H3,(H,24,25). The molecular weight excluding hydrogens is 314 g/mol. The minimum atomic E-state index is -0.930. The second-order valence-corrected chi connectivity index (χ2v) is 6.80. The Morgan fingerprint density at radius 3 is 2.72 bits per heavy atom. The molecule has 0 unspecified atom stereocenters. The molecule has 2 heterocycles. The Morgan fingerprint density at radius 2 is 1.96 bits per heavy atom. The number of hydrogen-bond donors (Lipinski definition) is 1. The maximum Gasteiger partial charge on any atom is 0.335 e. The van der Waals surface area contributed by atoms with Crippen molar-refractivity contribution in [3.8, 4) is 5.69 Å². The summed E-state index contributed by atoms with van der Waals surface area (Å²) in [7, 11) is 2.18. The maximum absolute atomic E-state index is 11.1. The highest BCUT2D eigenvalue weighted by Crippen LogP contribution is 2.29. The van der Waals surface area contributed by atoms with Crippen LogP contribution in [0.15, 0.2) is 48.8 Å². The summed E-state index contributed by atoms with van der Waals surface area (Å²) >= 11 is 0. The zero-order valence-electron chi connectivity index (χ0n) is 14.2. The van der Waals surface area contributed by atoms with Crippen LogP contribution in [0.25, 0.3) is 16.7 Å². The minimum absolute atomic E-state index is 0.262. The van der Waals surface area contributed by atoms with Gasteiger partial charge in [0.15, 0.2) is 0 Å². The molecule has 1 aliphatic rings. The molecule has 0 atom stereocenters. The summed E-state index contributed by atoms with van der Waals surface area (Å²) in [6.45, 7) is 2.28. The molecule has 0 saturated carbocycles. The molecule has 3 aromatic rings. The molecule has 5 heteroatoms. The Kier molecular flexibility index (Phi) is 4.01. The number of carboxylic acids is 1. The van der Waals surface area contributed by atoms with E-state index < -0.39 is 5.97 Å². The Balaban J connectivity index is 1.69. The molecule has 1 aliphatic heterocycles. The van der Waals surface area contributed by atoms with Gasteiger partial charge in [-0.1, -0.05) is 12.1 Å². The number of aromatic nitrogens is 2. The van der Waals surface area contributed by atoms with Crippen molar-refractivity contribution in [1.82, 2.24) is 14.5 Å². The fourth-order valence-electron chi connectivity index (χ4n) is 3.62. The summed E-state index contributed by atoms with van der Waals surface area (Å²) in [5, 5.41) is 9.13. The van der Waals surface area contributed by atoms with Gasteiger partial charge >= 0.3 is 5.97 Å². The van der Waals surface area contributed by atoms with E-state index in [-0.39, 0.29) is 5.56 Å². The van der Waals surface area contributed by atoms with Crippen molar-refractivity contribution >= 4 is 17.0 Å². The number of fused-ring (bicyclic) bond motifs is 1. The summed E-state index contributed by atoms with van der Waals surface area (Å²) in [6.07, 6.45) is 4.14. The van der Waals surface area contributed by atoms with Crippen LogP contribution in [0, 0.1) is 0 Å². The van der Waals surface area contributed by atoms with Crippen LogP contribution in [0.1, 0.15) is 34.7 Å². The number of hydrogen-bond acceptors (Lipinski definition) is 3. The van der Waals surface area contributed by atoms with Crippen molar-refractivity contribution in [3.05, 3.63) is 59.9 Å². The second kappa shape index (κ2) is 6.33. The van der Waals surface area contributed by atoms with Gasteiger partial charge in [0.05, 0.1) is 16.6 Å². The highest BCUT2D eigenvalue weighted by molar-refractivity contribution is 5.92. The Bertz CT molecular complexity index is 924. The van der Waals surface area contributed by atoms with Gasteiger partial charge in [-0.15, -0.1) is 0 Å². The van der Waals surface area contributed by atoms with E-state index in [9.17, 15) is 4.79 Å². The third kappa shape index (κ3) is 3.03. The predicted octanol–water partition coefficient (Wildman–Crippen LogP) is 3.53. The van der Waals surface area contributed by atoms with Gasteiger partial charge in [-0.2, -0.15) is 0 Å². The van der Waals surface area contributed by atoms with Crippen LogP contribution in [0.4, 0.5) is 0 Å². The molecular formula is C20H21N3O2. The van der Waals surface area contributed by atoms with Crippen molar-refractivity contribution in [2.75, 3.05) is 20.1 Å². The zero-order valence-corrected chi connectivity index (χ0v) is 14.2. The highest BCUT2D eigenvalue weighted by atomic mass is 16.4. The molecule has 1 N–H and O–H groups in total. The lowest BCUT2D eigenvalue weighted by Gasteiger charge is -2.29. The average molecular weight is 335 g/mol. The van der Waals surface area contributed by atoms with Gasteiger partial charge in [-0.05, 0) is 74.8 Å². The Labute approximate surface area is 146 Å². The van der Waals surface area contributed by atoms with Crippen LogP contribution < -0.4 is 0 Å². The molecule has 2 aromatic carbocycles. The smallest absolute Gasteiger partial charge is 0.335 e. The number of carboxylic acid groups (broad SMARTS) is 1. The highest BCUT2D eigenvalue weighted by Gasteiger charge is 2.19. The Hall–Kier alpha value is -2.66. The fraction of sp³-hybridized carbons (Fsp3) is 0.300. The van der Waals surface area contributed by atoms with Gasteiger partial charge in [-0.25, -0.2) is 9.78 Å². The summed E-state index contributed by atoms with van der Waals surface area (Å²) in [5.41, 5.74) is 4.32. The van der Waals surface area contributed by atoms with Gasteiger partial charge in [0.2, 0.25) is 0 Å². The van der Waals surface area contributed by atoms with Crippen LogP contribution >= 0.6 is 0 Å². The van der Waals surface area contributed by atoms with Crippen LogP contribution in [0.2, 0.25) is 0 Å². The van der Waals surface area contributed by atoms with E-state index in [1.807, 2.05) is 10.6 Å². The third-order valence-electron chi connectivity index (χ3n) is 5.13. The van der Waals surface area contributed by atoms with Crippen LogP contribution in [-0.4, -0.2) is 45.7 Å². The summed E-state index contributed by atoms with van der Waals surface area (Å²) in [5.74, 6) is -0.328. The second-order valence-electron chi connectivity index (χ2n) is 6.80. The molecule has 25 heavy (non-hydrogen) atoms. The van der Waals surface area contributed by atoms with Gasteiger partial charge in [-0.3, -0.25) is 4.57 Å². The lowest BCUT2D eigenvalue weighted by molar-refractivity contribution is 0.0697. The average Bonchev–Trinajstić information content (AvgIpc) is 3.05. The van der Waals surface area contributed by atoms with Gasteiger partial charge < -0.3 is 10.0 Å². The lowest BCUT2D eigenvalue weighted by Crippen LogP contribution is -2.29. The number of piperidine rings is 1. The van der Waals surface area contributed by atoms with E-state index >= 15 is 0 Å². The first-order chi connectivity index (χ1) is 12.1. The molecule has 128 valence electrons. The first-order valence-electron chi connectivity index (χ1n) is 8.61. The first-order valence-corrected chi connectivity index (χ1v) is 8.61. The quantitative estimate of drug-likeness (QED) is 0.795. The van der Waals surface area contributed by atoms with E-state index in [0.717, 1.165) is 24.3 Å². The molecule has 5 nitrogen and oxygen atoms in total. The van der Waals surface area contributed by atoms with Crippen molar-refractivity contribution in [2.45, 2.75) is 18.8 Å². The molecule has 0 aliphatic carbocycles. The molecule has 0 bridgehead atoms. The summed E-state index contributed by atoms with van der Waals surface area (Å²) in [6, 6.07) is 13.7. The third-order valence-corrected chi connectivity index (χ3v) is 5.13. The van der Waals surface area contributed by atoms with Gasteiger partial charge in [0.25, 0.3) is 0 Å². The molecule has 1 aromatic heterocycles. The molecule has 1 saturated heterocycles. The first kappa shape index (κ1) is 15.8. The molecule has 0 radical (unpaired) electrons. The number of aromatic carboxylic acids is 1. The van der Waals surface area contributed by atoms with Crippen molar-refractivity contribution in [1.29, 1.82) is 0 Å². The van der Waals surface area contributed by atoms with E-state index in [1.165, 1.54) is 18.4 Å². The number of rotatable bonds is 3. The number of carbonyl (C=O) groups is 1. The number of likely N-dealkylation sites (tertiary alicyclic amines) is 1. The number of imidazole rings is 1. The topological polar surface area (TPSA) is 58.4 Å². The largest absolute Gasteiger partial charge is 0.478 e.